The Morgan fingerprint density at radius 3 is 2.71 bits per heavy atom. The van der Waals surface area contributed by atoms with Crippen LogP contribution < -0.4 is 10.5 Å². The predicted molar refractivity (Wildman–Crippen MR) is 60.3 cm³/mol. The molecule has 2 N–H and O–H groups in total. The Hall–Kier alpha value is -0.440. The summed E-state index contributed by atoms with van der Waals surface area (Å²) in [5.41, 5.74) is 5.81. The maximum absolute atomic E-state index is 5.87. The van der Waals surface area contributed by atoms with Gasteiger partial charge in [-0.15, -0.1) is 12.4 Å². The summed E-state index contributed by atoms with van der Waals surface area (Å²) in [6, 6.07) is 7.38. The molecular formula is C10H13Cl2NO. The second-order valence-electron chi connectivity index (χ2n) is 3.61. The minimum Gasteiger partial charge on any atom is -0.492 e. The van der Waals surface area contributed by atoms with Crippen LogP contribution in [-0.2, 0) is 0 Å². The van der Waals surface area contributed by atoms with E-state index in [1.807, 2.05) is 18.2 Å². The van der Waals surface area contributed by atoms with Crippen molar-refractivity contribution in [3.8, 4) is 5.75 Å². The molecule has 2 nitrogen and oxygen atoms in total. The smallest absolute Gasteiger partial charge is 0.120 e. The van der Waals surface area contributed by atoms with E-state index in [1.165, 1.54) is 0 Å². The van der Waals surface area contributed by atoms with Gasteiger partial charge in [0.15, 0.2) is 0 Å². The van der Waals surface area contributed by atoms with E-state index in [0.29, 0.717) is 11.6 Å². The largest absolute Gasteiger partial charge is 0.492 e. The summed E-state index contributed by atoms with van der Waals surface area (Å²) in [6.07, 6.45) is 2.13. The van der Waals surface area contributed by atoms with Crippen molar-refractivity contribution in [3.63, 3.8) is 0 Å². The van der Waals surface area contributed by atoms with Crippen LogP contribution in [0, 0.1) is 0 Å². The van der Waals surface area contributed by atoms with E-state index in [0.717, 1.165) is 18.6 Å². The zero-order valence-electron chi connectivity index (χ0n) is 7.70. The van der Waals surface area contributed by atoms with E-state index in [9.17, 15) is 0 Å². The molecule has 0 saturated heterocycles. The maximum atomic E-state index is 5.87. The van der Waals surface area contributed by atoms with Gasteiger partial charge in [0.05, 0.1) is 5.54 Å². The fourth-order valence-corrected chi connectivity index (χ4v) is 1.27. The van der Waals surface area contributed by atoms with Crippen molar-refractivity contribution in [2.75, 3.05) is 6.61 Å². The molecule has 0 bridgehead atoms. The van der Waals surface area contributed by atoms with Crippen LogP contribution >= 0.6 is 24.0 Å². The Morgan fingerprint density at radius 2 is 2.14 bits per heavy atom. The molecule has 1 aliphatic carbocycles. The Bertz CT molecular complexity index is 313. The number of hydrogen-bond donors (Lipinski definition) is 1. The Morgan fingerprint density at radius 1 is 1.43 bits per heavy atom. The molecule has 1 aliphatic rings. The molecule has 0 unspecified atom stereocenters. The Kier molecular flexibility index (Phi) is 3.65. The lowest BCUT2D eigenvalue weighted by Gasteiger charge is -2.10. The standard InChI is InChI=1S/C10H12ClNO.ClH/c11-8-2-1-3-9(6-8)13-7-10(12)4-5-10;/h1-3,6H,4-5,7,12H2;1H. The SMILES string of the molecule is Cl.NC1(COc2cccc(Cl)c2)CC1. The van der Waals surface area contributed by atoms with Crippen LogP contribution in [0.1, 0.15) is 12.8 Å². The fourth-order valence-electron chi connectivity index (χ4n) is 1.09. The molecule has 0 radical (unpaired) electrons. The topological polar surface area (TPSA) is 35.2 Å². The van der Waals surface area contributed by atoms with Crippen LogP contribution in [0.25, 0.3) is 0 Å². The van der Waals surface area contributed by atoms with E-state index in [4.69, 9.17) is 22.1 Å². The van der Waals surface area contributed by atoms with Gasteiger partial charge in [-0.1, -0.05) is 17.7 Å². The zero-order valence-corrected chi connectivity index (χ0v) is 9.27. The summed E-state index contributed by atoms with van der Waals surface area (Å²) in [4.78, 5) is 0. The lowest BCUT2D eigenvalue weighted by molar-refractivity contribution is 0.279. The van der Waals surface area contributed by atoms with Gasteiger partial charge >= 0.3 is 0 Å². The minimum atomic E-state index is -0.0671. The summed E-state index contributed by atoms with van der Waals surface area (Å²) in [6.45, 7) is 0.591. The van der Waals surface area contributed by atoms with Gasteiger partial charge in [-0.05, 0) is 31.0 Å². The number of halogens is 2. The molecule has 0 aliphatic heterocycles. The molecule has 1 fully saturated rings. The number of nitrogens with two attached hydrogens (primary N) is 1. The molecule has 0 aromatic heterocycles. The van der Waals surface area contributed by atoms with Crippen LogP contribution in [0.15, 0.2) is 24.3 Å². The highest BCUT2D eigenvalue weighted by molar-refractivity contribution is 6.30. The minimum absolute atomic E-state index is 0. The van der Waals surface area contributed by atoms with E-state index < -0.39 is 0 Å². The molecule has 14 heavy (non-hydrogen) atoms. The molecular weight excluding hydrogens is 221 g/mol. The number of benzene rings is 1. The van der Waals surface area contributed by atoms with Crippen LogP contribution in [0.4, 0.5) is 0 Å². The third kappa shape index (κ3) is 3.05. The average Bonchev–Trinajstić information content (AvgIpc) is 2.82. The lowest BCUT2D eigenvalue weighted by atomic mass is 10.3. The van der Waals surface area contributed by atoms with Gasteiger partial charge in [0, 0.05) is 5.02 Å². The predicted octanol–water partition coefficient (Wildman–Crippen LogP) is 2.63. The highest BCUT2D eigenvalue weighted by Crippen LogP contribution is 2.32. The van der Waals surface area contributed by atoms with Crippen molar-refractivity contribution in [3.05, 3.63) is 29.3 Å². The third-order valence-corrected chi connectivity index (χ3v) is 2.45. The van der Waals surface area contributed by atoms with Gasteiger partial charge in [-0.2, -0.15) is 0 Å². The summed E-state index contributed by atoms with van der Waals surface area (Å²) in [5, 5.41) is 0.694. The van der Waals surface area contributed by atoms with Crippen LogP contribution in [0.2, 0.25) is 5.02 Å². The number of rotatable bonds is 3. The molecule has 0 amide bonds. The average molecular weight is 234 g/mol. The van der Waals surface area contributed by atoms with Crippen molar-refractivity contribution in [1.29, 1.82) is 0 Å². The van der Waals surface area contributed by atoms with Gasteiger partial charge in [0.2, 0.25) is 0 Å². The molecule has 1 aromatic rings. The van der Waals surface area contributed by atoms with E-state index in [2.05, 4.69) is 0 Å². The molecule has 0 atom stereocenters. The van der Waals surface area contributed by atoms with Crippen molar-refractivity contribution in [2.24, 2.45) is 5.73 Å². The third-order valence-electron chi connectivity index (χ3n) is 2.21. The number of hydrogen-bond acceptors (Lipinski definition) is 2. The summed E-state index contributed by atoms with van der Waals surface area (Å²) in [7, 11) is 0. The monoisotopic (exact) mass is 233 g/mol. The van der Waals surface area contributed by atoms with E-state index >= 15 is 0 Å². The van der Waals surface area contributed by atoms with Gasteiger partial charge < -0.3 is 10.5 Å². The van der Waals surface area contributed by atoms with Crippen LogP contribution in [0.5, 0.6) is 5.75 Å². The lowest BCUT2D eigenvalue weighted by Crippen LogP contribution is -2.29. The first-order valence-electron chi connectivity index (χ1n) is 4.35. The molecule has 1 aromatic carbocycles. The molecule has 0 heterocycles. The molecule has 78 valence electrons. The first kappa shape index (κ1) is 11.6. The van der Waals surface area contributed by atoms with Gasteiger partial charge in [-0.25, -0.2) is 0 Å². The van der Waals surface area contributed by atoms with Gasteiger partial charge in [0.25, 0.3) is 0 Å². The van der Waals surface area contributed by atoms with E-state index in [1.54, 1.807) is 6.07 Å². The molecule has 0 spiro atoms. The van der Waals surface area contributed by atoms with Crippen molar-refractivity contribution >= 4 is 24.0 Å². The Labute approximate surface area is 94.8 Å². The van der Waals surface area contributed by atoms with Gasteiger partial charge in [0.1, 0.15) is 12.4 Å². The highest BCUT2D eigenvalue weighted by Gasteiger charge is 2.39. The van der Waals surface area contributed by atoms with Gasteiger partial charge in [-0.3, -0.25) is 0 Å². The fraction of sp³-hybridized carbons (Fsp3) is 0.400. The first-order chi connectivity index (χ1) is 6.18. The summed E-state index contributed by atoms with van der Waals surface area (Å²) < 4.78 is 5.50. The molecule has 2 rings (SSSR count). The normalized spacial score (nSPS) is 17.0. The zero-order chi connectivity index (χ0) is 9.31. The Balaban J connectivity index is 0.000000980. The maximum Gasteiger partial charge on any atom is 0.120 e. The van der Waals surface area contributed by atoms with Crippen molar-refractivity contribution in [2.45, 2.75) is 18.4 Å². The second kappa shape index (κ2) is 4.39. The highest BCUT2D eigenvalue weighted by atomic mass is 35.5. The quantitative estimate of drug-likeness (QED) is 0.872. The van der Waals surface area contributed by atoms with Crippen LogP contribution in [-0.4, -0.2) is 12.1 Å². The second-order valence-corrected chi connectivity index (χ2v) is 4.04. The van der Waals surface area contributed by atoms with Crippen LogP contribution in [0.3, 0.4) is 0 Å². The summed E-state index contributed by atoms with van der Waals surface area (Å²) in [5.74, 6) is 0.796. The number of ether oxygens (including phenoxy) is 1. The molecule has 1 saturated carbocycles. The first-order valence-corrected chi connectivity index (χ1v) is 4.73. The van der Waals surface area contributed by atoms with Crippen molar-refractivity contribution in [1.82, 2.24) is 0 Å². The van der Waals surface area contributed by atoms with Crippen molar-refractivity contribution < 1.29 is 4.74 Å². The summed E-state index contributed by atoms with van der Waals surface area (Å²) >= 11 is 5.80. The van der Waals surface area contributed by atoms with E-state index in [-0.39, 0.29) is 17.9 Å². The molecule has 4 heteroatoms.